The summed E-state index contributed by atoms with van der Waals surface area (Å²) in [5.74, 6) is 0. The topological polar surface area (TPSA) is 35.2 Å². The Morgan fingerprint density at radius 3 is 3.07 bits per heavy atom. The third-order valence-electron chi connectivity index (χ3n) is 2.95. The minimum Gasteiger partial charge on any atom is -0.378 e. The van der Waals surface area contributed by atoms with Gasteiger partial charge in [0.25, 0.3) is 0 Å². The van der Waals surface area contributed by atoms with Crippen LogP contribution in [-0.4, -0.2) is 12.7 Å². The van der Waals surface area contributed by atoms with Gasteiger partial charge in [0, 0.05) is 22.4 Å². The maximum Gasteiger partial charge on any atom is 0.0576 e. The van der Waals surface area contributed by atoms with Crippen LogP contribution >= 0.6 is 11.3 Å². The van der Waals surface area contributed by atoms with E-state index in [0.29, 0.717) is 6.10 Å². The zero-order valence-corrected chi connectivity index (χ0v) is 10.1. The summed E-state index contributed by atoms with van der Waals surface area (Å²) >= 11 is 1.81. The zero-order chi connectivity index (χ0) is 10.7. The molecule has 0 amide bonds. The van der Waals surface area contributed by atoms with Crippen molar-refractivity contribution in [3.05, 3.63) is 21.9 Å². The van der Waals surface area contributed by atoms with Crippen molar-refractivity contribution in [2.45, 2.75) is 44.8 Å². The molecule has 2 atom stereocenters. The fraction of sp³-hybridized carbons (Fsp3) is 0.667. The third kappa shape index (κ3) is 3.03. The summed E-state index contributed by atoms with van der Waals surface area (Å²) in [6.07, 6.45) is 5.06. The van der Waals surface area contributed by atoms with Crippen molar-refractivity contribution in [3.63, 3.8) is 0 Å². The van der Waals surface area contributed by atoms with Crippen LogP contribution in [0.5, 0.6) is 0 Å². The average Bonchev–Trinajstić information content (AvgIpc) is 2.84. The lowest BCUT2D eigenvalue weighted by atomic mass is 10.1. The Labute approximate surface area is 95.4 Å². The summed E-state index contributed by atoms with van der Waals surface area (Å²) in [6.45, 7) is 3.07. The number of aryl methyl sites for hydroxylation is 1. The Hall–Kier alpha value is -0.380. The first-order chi connectivity index (χ1) is 7.25. The van der Waals surface area contributed by atoms with E-state index in [2.05, 4.69) is 19.1 Å². The largest absolute Gasteiger partial charge is 0.378 e. The smallest absolute Gasteiger partial charge is 0.0576 e. The van der Waals surface area contributed by atoms with E-state index >= 15 is 0 Å². The van der Waals surface area contributed by atoms with Crippen LogP contribution in [0.2, 0.25) is 0 Å². The Balaban J connectivity index is 1.79. The molecule has 2 unspecified atom stereocenters. The van der Waals surface area contributed by atoms with Crippen molar-refractivity contribution < 1.29 is 4.74 Å². The van der Waals surface area contributed by atoms with Crippen molar-refractivity contribution in [1.82, 2.24) is 0 Å². The predicted octanol–water partition coefficient (Wildman–Crippen LogP) is 3.02. The highest BCUT2D eigenvalue weighted by Crippen LogP contribution is 2.26. The van der Waals surface area contributed by atoms with Gasteiger partial charge in [0.2, 0.25) is 0 Å². The van der Waals surface area contributed by atoms with Gasteiger partial charge in [-0.3, -0.25) is 0 Å². The molecule has 2 rings (SSSR count). The van der Waals surface area contributed by atoms with Crippen LogP contribution in [0.25, 0.3) is 0 Å². The Kier molecular flexibility index (Phi) is 3.78. The molecule has 2 N–H and O–H groups in total. The molecule has 0 bridgehead atoms. The first-order valence-corrected chi connectivity index (χ1v) is 6.51. The van der Waals surface area contributed by atoms with Gasteiger partial charge in [0.15, 0.2) is 0 Å². The third-order valence-corrected chi connectivity index (χ3v) is 4.08. The normalized spacial score (nSPS) is 23.2. The SMILES string of the molecule is Cc1ccc(C(N)CCC2CCCO2)s1. The molecule has 2 nitrogen and oxygen atoms in total. The van der Waals surface area contributed by atoms with Crippen LogP contribution in [0.15, 0.2) is 12.1 Å². The molecule has 1 aliphatic heterocycles. The molecular weight excluding hydrogens is 206 g/mol. The first kappa shape index (κ1) is 11.1. The van der Waals surface area contributed by atoms with Crippen LogP contribution in [-0.2, 0) is 4.74 Å². The summed E-state index contributed by atoms with van der Waals surface area (Å²) in [5, 5.41) is 0. The van der Waals surface area contributed by atoms with Crippen molar-refractivity contribution in [1.29, 1.82) is 0 Å². The van der Waals surface area contributed by atoms with Crippen molar-refractivity contribution in [3.8, 4) is 0 Å². The van der Waals surface area contributed by atoms with Crippen LogP contribution in [0, 0.1) is 6.92 Å². The number of hydrogen-bond acceptors (Lipinski definition) is 3. The lowest BCUT2D eigenvalue weighted by molar-refractivity contribution is 0.101. The summed E-state index contributed by atoms with van der Waals surface area (Å²) in [5.41, 5.74) is 6.14. The van der Waals surface area contributed by atoms with Gasteiger partial charge in [-0.15, -0.1) is 11.3 Å². The minimum absolute atomic E-state index is 0.202. The first-order valence-electron chi connectivity index (χ1n) is 5.69. The molecule has 84 valence electrons. The van der Waals surface area contributed by atoms with Gasteiger partial charge in [-0.2, -0.15) is 0 Å². The van der Waals surface area contributed by atoms with Crippen molar-refractivity contribution >= 4 is 11.3 Å². The van der Waals surface area contributed by atoms with E-state index in [-0.39, 0.29) is 6.04 Å². The molecule has 15 heavy (non-hydrogen) atoms. The number of nitrogens with two attached hydrogens (primary N) is 1. The standard InChI is InChI=1S/C12H19NOS/c1-9-4-7-12(15-9)11(13)6-5-10-3-2-8-14-10/h4,7,10-11H,2-3,5-6,8,13H2,1H3. The molecule has 0 aliphatic carbocycles. The van der Waals surface area contributed by atoms with Crippen LogP contribution in [0.4, 0.5) is 0 Å². The van der Waals surface area contributed by atoms with Gasteiger partial charge in [-0.25, -0.2) is 0 Å². The van der Waals surface area contributed by atoms with Crippen LogP contribution < -0.4 is 5.73 Å². The van der Waals surface area contributed by atoms with E-state index in [0.717, 1.165) is 19.4 Å². The summed E-state index contributed by atoms with van der Waals surface area (Å²) in [7, 11) is 0. The summed E-state index contributed by atoms with van der Waals surface area (Å²) in [6, 6.07) is 4.50. The Morgan fingerprint density at radius 1 is 1.60 bits per heavy atom. The molecule has 0 radical (unpaired) electrons. The molecule has 0 spiro atoms. The maximum atomic E-state index is 6.14. The number of thiophene rings is 1. The molecule has 0 aromatic carbocycles. The van der Waals surface area contributed by atoms with Crippen molar-refractivity contribution in [2.24, 2.45) is 5.73 Å². The number of ether oxygens (including phenoxy) is 1. The lowest BCUT2D eigenvalue weighted by Crippen LogP contribution is -2.13. The van der Waals surface area contributed by atoms with Gasteiger partial charge in [-0.05, 0) is 44.7 Å². The second-order valence-electron chi connectivity index (χ2n) is 4.27. The van der Waals surface area contributed by atoms with E-state index in [1.165, 1.54) is 22.6 Å². The van der Waals surface area contributed by atoms with Crippen molar-refractivity contribution in [2.75, 3.05) is 6.61 Å². The number of hydrogen-bond donors (Lipinski definition) is 1. The fourth-order valence-corrected chi connectivity index (χ4v) is 2.95. The highest BCUT2D eigenvalue weighted by atomic mass is 32.1. The lowest BCUT2D eigenvalue weighted by Gasteiger charge is -2.13. The quantitative estimate of drug-likeness (QED) is 0.855. The second kappa shape index (κ2) is 5.10. The molecule has 1 aromatic rings. The summed E-state index contributed by atoms with van der Waals surface area (Å²) < 4.78 is 5.59. The minimum atomic E-state index is 0.202. The van der Waals surface area contributed by atoms with Gasteiger partial charge < -0.3 is 10.5 Å². The molecule has 1 fully saturated rings. The van der Waals surface area contributed by atoms with Crippen LogP contribution in [0.3, 0.4) is 0 Å². The Bertz CT molecular complexity index is 304. The van der Waals surface area contributed by atoms with E-state index in [1.807, 2.05) is 11.3 Å². The zero-order valence-electron chi connectivity index (χ0n) is 9.24. The monoisotopic (exact) mass is 225 g/mol. The van der Waals surface area contributed by atoms with Gasteiger partial charge in [0.05, 0.1) is 6.10 Å². The maximum absolute atomic E-state index is 6.14. The van der Waals surface area contributed by atoms with E-state index in [4.69, 9.17) is 10.5 Å². The Morgan fingerprint density at radius 2 is 2.47 bits per heavy atom. The second-order valence-corrected chi connectivity index (χ2v) is 5.59. The van der Waals surface area contributed by atoms with Crippen LogP contribution in [0.1, 0.15) is 41.5 Å². The molecule has 2 heterocycles. The fourth-order valence-electron chi connectivity index (χ4n) is 2.03. The highest BCUT2D eigenvalue weighted by molar-refractivity contribution is 7.12. The van der Waals surface area contributed by atoms with E-state index < -0.39 is 0 Å². The molecular formula is C12H19NOS. The highest BCUT2D eigenvalue weighted by Gasteiger charge is 2.17. The van der Waals surface area contributed by atoms with Gasteiger partial charge in [-0.1, -0.05) is 0 Å². The predicted molar refractivity (Wildman–Crippen MR) is 64.2 cm³/mol. The molecule has 1 saturated heterocycles. The molecule has 1 aliphatic rings. The molecule has 3 heteroatoms. The average molecular weight is 225 g/mol. The molecule has 1 aromatic heterocycles. The van der Waals surface area contributed by atoms with Gasteiger partial charge >= 0.3 is 0 Å². The number of rotatable bonds is 4. The van der Waals surface area contributed by atoms with E-state index in [1.54, 1.807) is 0 Å². The van der Waals surface area contributed by atoms with Gasteiger partial charge in [0.1, 0.15) is 0 Å². The van der Waals surface area contributed by atoms with E-state index in [9.17, 15) is 0 Å². The summed E-state index contributed by atoms with van der Waals surface area (Å²) in [4.78, 5) is 2.66. The molecule has 0 saturated carbocycles.